The van der Waals surface area contributed by atoms with E-state index in [4.69, 9.17) is 10.5 Å². The van der Waals surface area contributed by atoms with E-state index < -0.39 is 0 Å². The number of hydrogen-bond donors (Lipinski definition) is 2. The van der Waals surface area contributed by atoms with Crippen molar-refractivity contribution in [2.24, 2.45) is 0 Å². The Balaban J connectivity index is 2.58. The van der Waals surface area contributed by atoms with Crippen LogP contribution < -0.4 is 10.5 Å². The van der Waals surface area contributed by atoms with Gasteiger partial charge in [0.1, 0.15) is 5.75 Å². The molecule has 0 amide bonds. The van der Waals surface area contributed by atoms with Gasteiger partial charge in [-0.15, -0.1) is 0 Å². The Morgan fingerprint density at radius 1 is 1.50 bits per heavy atom. The Bertz CT molecular complexity index is 464. The standard InChI is InChI=1S/C10H11NO2S/c1-2-13-6-3-4-8-7(5-6)9(11)10(12)14-8/h3-5,12H,2,11H2,1H3. The lowest BCUT2D eigenvalue weighted by molar-refractivity contribution is 0.341. The molecule has 0 atom stereocenters. The predicted molar refractivity (Wildman–Crippen MR) is 59.1 cm³/mol. The smallest absolute Gasteiger partial charge is 0.196 e. The molecule has 0 aliphatic carbocycles. The zero-order chi connectivity index (χ0) is 10.1. The molecule has 0 bridgehead atoms. The molecule has 0 spiro atoms. The molecule has 0 fully saturated rings. The molecule has 1 aromatic carbocycles. The van der Waals surface area contributed by atoms with Crippen molar-refractivity contribution in [3.8, 4) is 10.8 Å². The number of ether oxygens (including phenoxy) is 1. The van der Waals surface area contributed by atoms with E-state index in [1.54, 1.807) is 0 Å². The molecule has 2 rings (SSSR count). The van der Waals surface area contributed by atoms with Crippen LogP contribution in [0.1, 0.15) is 6.92 Å². The van der Waals surface area contributed by atoms with Gasteiger partial charge >= 0.3 is 0 Å². The van der Waals surface area contributed by atoms with E-state index in [1.165, 1.54) is 11.3 Å². The number of nitrogens with two attached hydrogens (primary N) is 1. The lowest BCUT2D eigenvalue weighted by Crippen LogP contribution is -1.90. The summed E-state index contributed by atoms with van der Waals surface area (Å²) in [6.07, 6.45) is 0. The number of fused-ring (bicyclic) bond motifs is 1. The second kappa shape index (κ2) is 3.38. The molecule has 0 radical (unpaired) electrons. The molecule has 1 aromatic heterocycles. The van der Waals surface area contributed by atoms with E-state index in [-0.39, 0.29) is 5.06 Å². The van der Waals surface area contributed by atoms with Crippen molar-refractivity contribution < 1.29 is 9.84 Å². The van der Waals surface area contributed by atoms with Gasteiger partial charge in [0.05, 0.1) is 12.3 Å². The maximum absolute atomic E-state index is 9.42. The van der Waals surface area contributed by atoms with Crippen LogP contribution in [0.25, 0.3) is 10.1 Å². The normalized spacial score (nSPS) is 10.6. The summed E-state index contributed by atoms with van der Waals surface area (Å²) in [6, 6.07) is 5.63. The van der Waals surface area contributed by atoms with Gasteiger partial charge in [0.2, 0.25) is 0 Å². The molecule has 4 heteroatoms. The zero-order valence-corrected chi connectivity index (χ0v) is 8.60. The van der Waals surface area contributed by atoms with Crippen molar-refractivity contribution in [2.45, 2.75) is 6.92 Å². The molecule has 0 unspecified atom stereocenters. The third-order valence-electron chi connectivity index (χ3n) is 1.99. The molecule has 0 saturated carbocycles. The van der Waals surface area contributed by atoms with Gasteiger partial charge in [0, 0.05) is 10.1 Å². The Kier molecular flexibility index (Phi) is 2.21. The monoisotopic (exact) mass is 209 g/mol. The minimum Gasteiger partial charge on any atom is -0.498 e. The minimum atomic E-state index is 0.175. The lowest BCUT2D eigenvalue weighted by Gasteiger charge is -2.02. The summed E-state index contributed by atoms with van der Waals surface area (Å²) in [5, 5.41) is 10.5. The van der Waals surface area contributed by atoms with Crippen LogP contribution in [0.15, 0.2) is 18.2 Å². The first-order valence-corrected chi connectivity index (χ1v) is 5.17. The van der Waals surface area contributed by atoms with Crippen LogP contribution >= 0.6 is 11.3 Å². The summed E-state index contributed by atoms with van der Waals surface area (Å²) in [7, 11) is 0. The third kappa shape index (κ3) is 1.37. The van der Waals surface area contributed by atoms with E-state index in [2.05, 4.69) is 0 Å². The molecule has 14 heavy (non-hydrogen) atoms. The van der Waals surface area contributed by atoms with Crippen molar-refractivity contribution in [2.75, 3.05) is 12.3 Å². The highest BCUT2D eigenvalue weighted by atomic mass is 32.1. The number of aromatic hydroxyl groups is 1. The number of thiophene rings is 1. The van der Waals surface area contributed by atoms with Crippen molar-refractivity contribution in [3.05, 3.63) is 18.2 Å². The van der Waals surface area contributed by atoms with Crippen LogP contribution in [0.2, 0.25) is 0 Å². The molecular weight excluding hydrogens is 198 g/mol. The average molecular weight is 209 g/mol. The van der Waals surface area contributed by atoms with Gasteiger partial charge in [-0.3, -0.25) is 0 Å². The first kappa shape index (κ1) is 9.15. The molecule has 1 heterocycles. The maximum Gasteiger partial charge on any atom is 0.196 e. The molecule has 3 N–H and O–H groups in total. The molecule has 3 nitrogen and oxygen atoms in total. The highest BCUT2D eigenvalue weighted by molar-refractivity contribution is 7.21. The van der Waals surface area contributed by atoms with Gasteiger partial charge in [-0.2, -0.15) is 0 Å². The van der Waals surface area contributed by atoms with Gasteiger partial charge < -0.3 is 15.6 Å². The first-order valence-electron chi connectivity index (χ1n) is 4.36. The van der Waals surface area contributed by atoms with Gasteiger partial charge in [-0.1, -0.05) is 11.3 Å². The van der Waals surface area contributed by atoms with Crippen molar-refractivity contribution in [1.29, 1.82) is 0 Å². The second-order valence-electron chi connectivity index (χ2n) is 2.91. The first-order chi connectivity index (χ1) is 6.72. The molecule has 0 saturated heterocycles. The predicted octanol–water partition coefficient (Wildman–Crippen LogP) is 2.59. The number of nitrogen functional groups attached to an aromatic ring is 1. The highest BCUT2D eigenvalue weighted by Gasteiger charge is 2.08. The van der Waals surface area contributed by atoms with E-state index >= 15 is 0 Å². The summed E-state index contributed by atoms with van der Waals surface area (Å²) < 4.78 is 6.32. The van der Waals surface area contributed by atoms with Crippen LogP contribution in [0.3, 0.4) is 0 Å². The Morgan fingerprint density at radius 3 is 3.00 bits per heavy atom. The molecule has 0 aliphatic rings. The number of benzene rings is 1. The summed E-state index contributed by atoms with van der Waals surface area (Å²) in [5.41, 5.74) is 6.14. The average Bonchev–Trinajstić information content (AvgIpc) is 2.45. The van der Waals surface area contributed by atoms with Crippen LogP contribution in [0.5, 0.6) is 10.8 Å². The van der Waals surface area contributed by atoms with Gasteiger partial charge in [-0.25, -0.2) is 0 Å². The third-order valence-corrected chi connectivity index (χ3v) is 2.98. The Morgan fingerprint density at radius 2 is 2.29 bits per heavy atom. The molecular formula is C10H11NO2S. The number of hydrogen-bond acceptors (Lipinski definition) is 4. The number of anilines is 1. The zero-order valence-electron chi connectivity index (χ0n) is 7.78. The van der Waals surface area contributed by atoms with E-state index in [0.29, 0.717) is 12.3 Å². The molecule has 0 aliphatic heterocycles. The fourth-order valence-corrected chi connectivity index (χ4v) is 2.18. The summed E-state index contributed by atoms with van der Waals surface area (Å²) in [5.74, 6) is 0.782. The van der Waals surface area contributed by atoms with Crippen LogP contribution in [0, 0.1) is 0 Å². The molecule has 74 valence electrons. The maximum atomic E-state index is 9.42. The van der Waals surface area contributed by atoms with Crippen LogP contribution in [-0.4, -0.2) is 11.7 Å². The Labute approximate surface area is 85.7 Å². The van der Waals surface area contributed by atoms with Crippen LogP contribution in [-0.2, 0) is 0 Å². The largest absolute Gasteiger partial charge is 0.498 e. The molecule has 2 aromatic rings. The van der Waals surface area contributed by atoms with Gasteiger partial charge in [0.25, 0.3) is 0 Å². The number of rotatable bonds is 2. The fraction of sp³-hybridized carbons (Fsp3) is 0.200. The van der Waals surface area contributed by atoms with Crippen molar-refractivity contribution in [3.63, 3.8) is 0 Å². The minimum absolute atomic E-state index is 0.175. The quantitative estimate of drug-likeness (QED) is 0.799. The van der Waals surface area contributed by atoms with E-state index in [9.17, 15) is 5.11 Å². The van der Waals surface area contributed by atoms with Crippen LogP contribution in [0.4, 0.5) is 5.69 Å². The lowest BCUT2D eigenvalue weighted by atomic mass is 10.2. The van der Waals surface area contributed by atoms with E-state index in [1.807, 2.05) is 25.1 Å². The fourth-order valence-electron chi connectivity index (χ4n) is 1.34. The summed E-state index contributed by atoms with van der Waals surface area (Å²) in [4.78, 5) is 0. The van der Waals surface area contributed by atoms with Gasteiger partial charge in [-0.05, 0) is 25.1 Å². The van der Waals surface area contributed by atoms with Crippen molar-refractivity contribution in [1.82, 2.24) is 0 Å². The SMILES string of the molecule is CCOc1ccc2sc(O)c(N)c2c1. The second-order valence-corrected chi connectivity index (χ2v) is 3.94. The van der Waals surface area contributed by atoms with Gasteiger partial charge in [0.15, 0.2) is 5.06 Å². The highest BCUT2D eigenvalue weighted by Crippen LogP contribution is 2.40. The summed E-state index contributed by atoms with van der Waals surface area (Å²) in [6.45, 7) is 2.56. The topological polar surface area (TPSA) is 55.5 Å². The van der Waals surface area contributed by atoms with Crippen molar-refractivity contribution >= 4 is 27.1 Å². The van der Waals surface area contributed by atoms with E-state index in [0.717, 1.165) is 15.8 Å². The Hall–Kier alpha value is -1.42. The summed E-state index contributed by atoms with van der Waals surface area (Å²) >= 11 is 1.28.